The molecule has 0 radical (unpaired) electrons. The second kappa shape index (κ2) is 2.23. The Morgan fingerprint density at radius 3 is 2.60 bits per heavy atom. The van der Waals surface area contributed by atoms with Crippen molar-refractivity contribution >= 4 is 0 Å². The van der Waals surface area contributed by atoms with Crippen molar-refractivity contribution in [2.45, 2.75) is 38.5 Å². The summed E-state index contributed by atoms with van der Waals surface area (Å²) in [5.41, 5.74) is 0.829. The van der Waals surface area contributed by atoms with Gasteiger partial charge in [-0.15, -0.1) is 0 Å². The Labute approximate surface area is 62.4 Å². The fourth-order valence-electron chi connectivity index (χ4n) is 2.42. The second-order valence-electron chi connectivity index (χ2n) is 3.98. The van der Waals surface area contributed by atoms with Gasteiger partial charge in [-0.2, -0.15) is 0 Å². The van der Waals surface area contributed by atoms with Gasteiger partial charge in [0.1, 0.15) is 0 Å². The van der Waals surface area contributed by atoms with Crippen molar-refractivity contribution in [1.29, 1.82) is 0 Å². The summed E-state index contributed by atoms with van der Waals surface area (Å²) in [5, 5.41) is 8.60. The molecule has 2 rings (SSSR count). The minimum atomic E-state index is 0.395. The molecule has 0 aliphatic heterocycles. The van der Waals surface area contributed by atoms with E-state index in [1.165, 1.54) is 32.1 Å². The van der Waals surface area contributed by atoms with Crippen molar-refractivity contribution in [3.8, 4) is 0 Å². The van der Waals surface area contributed by atoms with E-state index >= 15 is 0 Å². The molecule has 1 atom stereocenters. The van der Waals surface area contributed by atoms with Crippen molar-refractivity contribution in [3.05, 3.63) is 0 Å². The molecule has 1 N–H and O–H groups in total. The van der Waals surface area contributed by atoms with E-state index in [9.17, 15) is 0 Å². The van der Waals surface area contributed by atoms with Gasteiger partial charge >= 0.3 is 0 Å². The van der Waals surface area contributed by atoms with Crippen molar-refractivity contribution < 1.29 is 5.11 Å². The van der Waals surface area contributed by atoms with Crippen LogP contribution in [-0.4, -0.2) is 11.7 Å². The molecule has 2 aliphatic carbocycles. The SMILES string of the molecule is OCCCC1CC12CCC2. The van der Waals surface area contributed by atoms with Crippen LogP contribution in [0.2, 0.25) is 0 Å². The molecular weight excluding hydrogens is 124 g/mol. The topological polar surface area (TPSA) is 20.2 Å². The van der Waals surface area contributed by atoms with E-state index < -0.39 is 0 Å². The molecule has 2 saturated carbocycles. The standard InChI is InChI=1S/C9H16O/c10-6-1-3-8-7-9(8)4-2-5-9/h8,10H,1-7H2. The highest BCUT2D eigenvalue weighted by Gasteiger charge is 2.56. The first-order valence-corrected chi connectivity index (χ1v) is 4.48. The predicted molar refractivity (Wildman–Crippen MR) is 40.7 cm³/mol. The normalized spacial score (nSPS) is 33.9. The van der Waals surface area contributed by atoms with Crippen LogP contribution in [0.3, 0.4) is 0 Å². The fourth-order valence-corrected chi connectivity index (χ4v) is 2.42. The van der Waals surface area contributed by atoms with Crippen LogP contribution >= 0.6 is 0 Å². The monoisotopic (exact) mass is 140 g/mol. The molecule has 0 aromatic heterocycles. The molecule has 1 heteroatoms. The zero-order chi connectivity index (χ0) is 7.03. The van der Waals surface area contributed by atoms with Crippen molar-refractivity contribution in [2.75, 3.05) is 6.61 Å². The lowest BCUT2D eigenvalue weighted by atomic mass is 9.79. The molecule has 0 heterocycles. The average Bonchev–Trinajstić information content (AvgIpc) is 2.56. The smallest absolute Gasteiger partial charge is 0.0431 e. The van der Waals surface area contributed by atoms with Crippen LogP contribution in [0.5, 0.6) is 0 Å². The quantitative estimate of drug-likeness (QED) is 0.635. The summed E-state index contributed by atoms with van der Waals surface area (Å²) in [5.74, 6) is 1.01. The van der Waals surface area contributed by atoms with Gasteiger partial charge in [0.15, 0.2) is 0 Å². The summed E-state index contributed by atoms with van der Waals surface area (Å²) >= 11 is 0. The molecule has 0 aromatic rings. The summed E-state index contributed by atoms with van der Waals surface area (Å²) < 4.78 is 0. The third kappa shape index (κ3) is 0.878. The summed E-state index contributed by atoms with van der Waals surface area (Å²) in [7, 11) is 0. The average molecular weight is 140 g/mol. The Balaban J connectivity index is 1.69. The molecule has 2 fully saturated rings. The summed E-state index contributed by atoms with van der Waals surface area (Å²) in [6.45, 7) is 0.395. The third-order valence-electron chi connectivity index (χ3n) is 3.42. The van der Waals surface area contributed by atoms with Crippen LogP contribution < -0.4 is 0 Å². The first kappa shape index (κ1) is 6.66. The second-order valence-corrected chi connectivity index (χ2v) is 3.98. The first-order chi connectivity index (χ1) is 4.87. The van der Waals surface area contributed by atoms with Gasteiger partial charge in [0.05, 0.1) is 0 Å². The highest BCUT2D eigenvalue weighted by molar-refractivity contribution is 5.06. The Hall–Kier alpha value is -0.0400. The Kier molecular flexibility index (Phi) is 1.48. The molecule has 0 amide bonds. The van der Waals surface area contributed by atoms with Crippen molar-refractivity contribution in [3.63, 3.8) is 0 Å². The van der Waals surface area contributed by atoms with Crippen LogP contribution in [0.25, 0.3) is 0 Å². The predicted octanol–water partition coefficient (Wildman–Crippen LogP) is 1.95. The van der Waals surface area contributed by atoms with Crippen molar-refractivity contribution in [2.24, 2.45) is 11.3 Å². The van der Waals surface area contributed by atoms with Gasteiger partial charge in [0, 0.05) is 6.61 Å². The van der Waals surface area contributed by atoms with Crippen LogP contribution in [0.4, 0.5) is 0 Å². The number of aliphatic hydroxyl groups excluding tert-OH is 1. The van der Waals surface area contributed by atoms with Crippen LogP contribution in [0.15, 0.2) is 0 Å². The molecule has 0 aromatic carbocycles. The Morgan fingerprint density at radius 2 is 2.20 bits per heavy atom. The van der Waals surface area contributed by atoms with Gasteiger partial charge < -0.3 is 5.11 Å². The lowest BCUT2D eigenvalue weighted by Gasteiger charge is -2.26. The molecular formula is C9H16O. The zero-order valence-electron chi connectivity index (χ0n) is 6.47. The van der Waals surface area contributed by atoms with Crippen LogP contribution in [0, 0.1) is 11.3 Å². The van der Waals surface area contributed by atoms with Gasteiger partial charge in [-0.3, -0.25) is 0 Å². The molecule has 0 bridgehead atoms. The van der Waals surface area contributed by atoms with E-state index in [0.717, 1.165) is 17.8 Å². The molecule has 1 nitrogen and oxygen atoms in total. The molecule has 10 heavy (non-hydrogen) atoms. The van der Waals surface area contributed by atoms with Gasteiger partial charge in [0.25, 0.3) is 0 Å². The number of hydrogen-bond donors (Lipinski definition) is 1. The Bertz CT molecular complexity index is 127. The van der Waals surface area contributed by atoms with Gasteiger partial charge in [-0.05, 0) is 43.4 Å². The lowest BCUT2D eigenvalue weighted by Crippen LogP contribution is -2.14. The minimum Gasteiger partial charge on any atom is -0.396 e. The van der Waals surface area contributed by atoms with E-state index in [1.54, 1.807) is 0 Å². The van der Waals surface area contributed by atoms with E-state index in [4.69, 9.17) is 5.11 Å². The fraction of sp³-hybridized carbons (Fsp3) is 1.00. The highest BCUT2D eigenvalue weighted by Crippen LogP contribution is 2.66. The largest absolute Gasteiger partial charge is 0.396 e. The molecule has 58 valence electrons. The van der Waals surface area contributed by atoms with Gasteiger partial charge in [-0.25, -0.2) is 0 Å². The molecule has 1 unspecified atom stereocenters. The van der Waals surface area contributed by atoms with Crippen molar-refractivity contribution in [1.82, 2.24) is 0 Å². The summed E-state index contributed by atoms with van der Waals surface area (Å²) in [6, 6.07) is 0. The maximum atomic E-state index is 8.60. The lowest BCUT2D eigenvalue weighted by molar-refractivity contribution is 0.236. The maximum Gasteiger partial charge on any atom is 0.0431 e. The van der Waals surface area contributed by atoms with Gasteiger partial charge in [0.2, 0.25) is 0 Å². The number of hydrogen-bond acceptors (Lipinski definition) is 1. The zero-order valence-corrected chi connectivity index (χ0v) is 6.47. The van der Waals surface area contributed by atoms with E-state index in [0.29, 0.717) is 6.61 Å². The minimum absolute atomic E-state index is 0.395. The van der Waals surface area contributed by atoms with Crippen LogP contribution in [0.1, 0.15) is 38.5 Å². The highest BCUT2D eigenvalue weighted by atomic mass is 16.2. The number of rotatable bonds is 3. The summed E-state index contributed by atoms with van der Waals surface area (Å²) in [6.07, 6.45) is 8.25. The summed E-state index contributed by atoms with van der Waals surface area (Å²) in [4.78, 5) is 0. The molecule has 1 spiro atoms. The number of aliphatic hydroxyl groups is 1. The molecule has 0 saturated heterocycles. The maximum absolute atomic E-state index is 8.60. The Morgan fingerprint density at radius 1 is 1.40 bits per heavy atom. The van der Waals surface area contributed by atoms with Gasteiger partial charge in [-0.1, -0.05) is 6.42 Å². The van der Waals surface area contributed by atoms with E-state index in [-0.39, 0.29) is 0 Å². The van der Waals surface area contributed by atoms with E-state index in [2.05, 4.69) is 0 Å². The van der Waals surface area contributed by atoms with Crippen LogP contribution in [-0.2, 0) is 0 Å². The molecule has 2 aliphatic rings. The third-order valence-corrected chi connectivity index (χ3v) is 3.42. The first-order valence-electron chi connectivity index (χ1n) is 4.48. The van der Waals surface area contributed by atoms with E-state index in [1.807, 2.05) is 0 Å².